The van der Waals surface area contributed by atoms with Crippen LogP contribution in [0.4, 0.5) is 5.82 Å². The molecule has 0 amide bonds. The summed E-state index contributed by atoms with van der Waals surface area (Å²) in [5.74, 6) is 0.734. The lowest BCUT2D eigenvalue weighted by molar-refractivity contribution is 0.292. The van der Waals surface area contributed by atoms with Gasteiger partial charge >= 0.3 is 0 Å². The van der Waals surface area contributed by atoms with Crippen molar-refractivity contribution < 1.29 is 5.11 Å². The first-order chi connectivity index (χ1) is 11.9. The monoisotopic (exact) mass is 318 g/mol. The highest BCUT2D eigenvalue weighted by molar-refractivity contribution is 5.96. The summed E-state index contributed by atoms with van der Waals surface area (Å²) in [6, 6.07) is 14.7. The lowest BCUT2D eigenvalue weighted by Gasteiger charge is -2.08. The number of imidazole rings is 1. The predicted octanol–water partition coefficient (Wildman–Crippen LogP) is 3.34. The summed E-state index contributed by atoms with van der Waals surface area (Å²) in [4.78, 5) is 8.93. The molecule has 0 radical (unpaired) electrons. The maximum absolute atomic E-state index is 8.93. The number of fused-ring (bicyclic) bond motifs is 2. The number of aliphatic hydroxyl groups is 1. The number of rotatable bonds is 5. The summed E-state index contributed by atoms with van der Waals surface area (Å²) < 4.78 is 2.05. The highest BCUT2D eigenvalue weighted by Gasteiger charge is 2.12. The molecule has 0 aliphatic rings. The van der Waals surface area contributed by atoms with E-state index in [1.165, 1.54) is 10.8 Å². The molecule has 0 saturated heterocycles. The third-order valence-corrected chi connectivity index (χ3v) is 4.12. The van der Waals surface area contributed by atoms with Crippen LogP contribution in [0.15, 0.2) is 61.1 Å². The normalized spacial score (nSPS) is 11.2. The summed E-state index contributed by atoms with van der Waals surface area (Å²) in [5.41, 5.74) is 2.97. The number of aliphatic hydroxyl groups excluding tert-OH is 1. The van der Waals surface area contributed by atoms with E-state index in [0.29, 0.717) is 13.0 Å². The lowest BCUT2D eigenvalue weighted by atomic mass is 10.0. The van der Waals surface area contributed by atoms with Gasteiger partial charge in [-0.1, -0.05) is 42.5 Å². The van der Waals surface area contributed by atoms with Gasteiger partial charge in [0.05, 0.1) is 11.9 Å². The third-order valence-electron chi connectivity index (χ3n) is 4.12. The number of nitrogens with one attached hydrogen (secondary N) is 1. The van der Waals surface area contributed by atoms with Crippen LogP contribution in [0.2, 0.25) is 0 Å². The molecule has 120 valence electrons. The second-order valence-electron chi connectivity index (χ2n) is 5.64. The molecule has 4 rings (SSSR count). The molecule has 5 nitrogen and oxygen atoms in total. The number of nitrogens with zero attached hydrogens (tertiary/aromatic N) is 3. The summed E-state index contributed by atoms with van der Waals surface area (Å²) in [7, 11) is 0. The maximum Gasteiger partial charge on any atom is 0.180 e. The van der Waals surface area contributed by atoms with Crippen LogP contribution in [0.3, 0.4) is 0 Å². The van der Waals surface area contributed by atoms with Crippen molar-refractivity contribution in [1.29, 1.82) is 0 Å². The topological polar surface area (TPSA) is 62.5 Å². The van der Waals surface area contributed by atoms with Gasteiger partial charge in [0.2, 0.25) is 0 Å². The zero-order valence-electron chi connectivity index (χ0n) is 13.2. The first kappa shape index (κ1) is 14.7. The second kappa shape index (κ2) is 6.29. The highest BCUT2D eigenvalue weighted by atomic mass is 16.3. The molecular formula is C19H18N4O. The van der Waals surface area contributed by atoms with Crippen molar-refractivity contribution in [2.75, 3.05) is 18.5 Å². The van der Waals surface area contributed by atoms with Gasteiger partial charge in [-0.2, -0.15) is 0 Å². The summed E-state index contributed by atoms with van der Waals surface area (Å²) in [5, 5.41) is 14.6. The fraction of sp³-hybridized carbons (Fsp3) is 0.158. The second-order valence-corrected chi connectivity index (χ2v) is 5.64. The number of benzene rings is 2. The van der Waals surface area contributed by atoms with Crippen LogP contribution >= 0.6 is 0 Å². The van der Waals surface area contributed by atoms with Crippen molar-refractivity contribution in [3.05, 3.63) is 61.1 Å². The summed E-state index contributed by atoms with van der Waals surface area (Å²) in [6.07, 6.45) is 6.26. The van der Waals surface area contributed by atoms with Crippen LogP contribution in [-0.2, 0) is 0 Å². The minimum absolute atomic E-state index is 0.159. The minimum Gasteiger partial charge on any atom is -0.396 e. The van der Waals surface area contributed by atoms with E-state index in [0.717, 1.165) is 22.7 Å². The molecule has 2 heterocycles. The zero-order chi connectivity index (χ0) is 16.4. The van der Waals surface area contributed by atoms with Gasteiger partial charge < -0.3 is 10.4 Å². The quantitative estimate of drug-likeness (QED) is 0.554. The van der Waals surface area contributed by atoms with E-state index in [1.807, 2.05) is 18.5 Å². The molecule has 0 unspecified atom stereocenters. The molecule has 0 fully saturated rings. The van der Waals surface area contributed by atoms with Crippen molar-refractivity contribution in [1.82, 2.24) is 14.4 Å². The standard InChI is InChI=1S/C19H18N4O/c24-12-4-9-20-18-19-22-13-17(23(19)11-10-21-18)16-8-3-6-14-5-1-2-7-15(14)16/h1-3,5-8,10-11,13,24H,4,9,12H2,(H,20,21). The van der Waals surface area contributed by atoms with Crippen molar-refractivity contribution in [2.45, 2.75) is 6.42 Å². The van der Waals surface area contributed by atoms with E-state index < -0.39 is 0 Å². The van der Waals surface area contributed by atoms with Gasteiger partial charge in [0.1, 0.15) is 0 Å². The Morgan fingerprint density at radius 2 is 1.92 bits per heavy atom. The molecule has 24 heavy (non-hydrogen) atoms. The number of hydrogen-bond donors (Lipinski definition) is 2. The van der Waals surface area contributed by atoms with Crippen LogP contribution in [-0.4, -0.2) is 32.6 Å². The molecule has 0 saturated carbocycles. The van der Waals surface area contributed by atoms with E-state index in [2.05, 4.69) is 56.1 Å². The van der Waals surface area contributed by atoms with Gasteiger partial charge in [-0.05, 0) is 17.2 Å². The van der Waals surface area contributed by atoms with Crippen molar-refractivity contribution >= 4 is 22.2 Å². The summed E-state index contributed by atoms with van der Waals surface area (Å²) >= 11 is 0. The fourth-order valence-electron chi connectivity index (χ4n) is 2.98. The molecular weight excluding hydrogens is 300 g/mol. The Balaban J connectivity index is 1.84. The van der Waals surface area contributed by atoms with Gasteiger partial charge in [-0.15, -0.1) is 0 Å². The van der Waals surface area contributed by atoms with E-state index in [-0.39, 0.29) is 6.61 Å². The van der Waals surface area contributed by atoms with Crippen LogP contribution < -0.4 is 5.32 Å². The Hall–Kier alpha value is -2.92. The molecule has 0 bridgehead atoms. The Kier molecular flexibility index (Phi) is 3.84. The fourth-order valence-corrected chi connectivity index (χ4v) is 2.98. The third kappa shape index (κ3) is 2.49. The van der Waals surface area contributed by atoms with E-state index in [1.54, 1.807) is 6.20 Å². The Bertz CT molecular complexity index is 988. The number of anilines is 1. The summed E-state index contributed by atoms with van der Waals surface area (Å²) in [6.45, 7) is 0.825. The van der Waals surface area contributed by atoms with Gasteiger partial charge in [0.25, 0.3) is 0 Å². The van der Waals surface area contributed by atoms with E-state index in [4.69, 9.17) is 5.11 Å². The first-order valence-electron chi connectivity index (χ1n) is 8.03. The van der Waals surface area contributed by atoms with E-state index in [9.17, 15) is 0 Å². The van der Waals surface area contributed by atoms with E-state index >= 15 is 0 Å². The Morgan fingerprint density at radius 1 is 1.04 bits per heavy atom. The molecule has 0 spiro atoms. The van der Waals surface area contributed by atoms with Crippen molar-refractivity contribution in [3.63, 3.8) is 0 Å². The largest absolute Gasteiger partial charge is 0.396 e. The smallest absolute Gasteiger partial charge is 0.180 e. The Labute approximate surface area is 139 Å². The van der Waals surface area contributed by atoms with Crippen LogP contribution in [0, 0.1) is 0 Å². The zero-order valence-corrected chi connectivity index (χ0v) is 13.2. The van der Waals surface area contributed by atoms with Gasteiger partial charge in [0, 0.05) is 31.1 Å². The molecule has 0 aliphatic carbocycles. The molecule has 2 aromatic carbocycles. The SMILES string of the molecule is OCCCNc1nccn2c(-c3cccc4ccccc34)cnc12. The van der Waals surface area contributed by atoms with Gasteiger partial charge in [0.15, 0.2) is 11.5 Å². The molecule has 0 atom stereocenters. The Morgan fingerprint density at radius 3 is 2.83 bits per heavy atom. The van der Waals surface area contributed by atoms with Gasteiger partial charge in [-0.25, -0.2) is 9.97 Å². The minimum atomic E-state index is 0.159. The van der Waals surface area contributed by atoms with Crippen LogP contribution in [0.25, 0.3) is 27.7 Å². The predicted molar refractivity (Wildman–Crippen MR) is 96.1 cm³/mol. The van der Waals surface area contributed by atoms with Crippen molar-refractivity contribution in [2.24, 2.45) is 0 Å². The maximum atomic E-state index is 8.93. The first-order valence-corrected chi connectivity index (χ1v) is 8.03. The average molecular weight is 318 g/mol. The molecule has 5 heteroatoms. The van der Waals surface area contributed by atoms with Crippen LogP contribution in [0.1, 0.15) is 6.42 Å². The van der Waals surface area contributed by atoms with Crippen LogP contribution in [0.5, 0.6) is 0 Å². The molecule has 0 aliphatic heterocycles. The van der Waals surface area contributed by atoms with Gasteiger partial charge in [-0.3, -0.25) is 4.40 Å². The highest BCUT2D eigenvalue weighted by Crippen LogP contribution is 2.30. The van der Waals surface area contributed by atoms with Crippen molar-refractivity contribution in [3.8, 4) is 11.3 Å². The number of hydrogen-bond acceptors (Lipinski definition) is 4. The molecule has 2 aromatic heterocycles. The molecule has 4 aromatic rings. The molecule has 2 N–H and O–H groups in total. The average Bonchev–Trinajstić information content (AvgIpc) is 3.06. The lowest BCUT2D eigenvalue weighted by Crippen LogP contribution is -2.06. The number of aromatic nitrogens is 3.